The lowest BCUT2D eigenvalue weighted by Crippen LogP contribution is -2.34. The molecule has 1 aromatic rings. The molecular formula is C11H13BrClN3O. The zero-order valence-corrected chi connectivity index (χ0v) is 11.5. The summed E-state index contributed by atoms with van der Waals surface area (Å²) in [6.45, 7) is 1.78. The van der Waals surface area contributed by atoms with E-state index in [2.05, 4.69) is 31.5 Å². The Labute approximate surface area is 113 Å². The highest BCUT2D eigenvalue weighted by Gasteiger charge is 2.21. The van der Waals surface area contributed by atoms with Crippen LogP contribution in [-0.4, -0.2) is 24.0 Å². The van der Waals surface area contributed by atoms with Gasteiger partial charge in [0, 0.05) is 16.6 Å². The standard InChI is InChI=1S/C11H13BrClN3O/c12-8-5-9(10(13)15-6-8)16-11(17)7-1-3-14-4-2-7/h5-7,14H,1-4H2,(H,16,17). The summed E-state index contributed by atoms with van der Waals surface area (Å²) in [6, 6.07) is 1.76. The fourth-order valence-corrected chi connectivity index (χ4v) is 2.31. The minimum Gasteiger partial charge on any atom is -0.323 e. The van der Waals surface area contributed by atoms with Crippen molar-refractivity contribution < 1.29 is 4.79 Å². The van der Waals surface area contributed by atoms with E-state index in [1.165, 1.54) is 0 Å². The Bertz CT molecular complexity index is 421. The Kier molecular flexibility index (Phi) is 4.36. The highest BCUT2D eigenvalue weighted by Crippen LogP contribution is 2.24. The van der Waals surface area contributed by atoms with E-state index in [1.54, 1.807) is 12.3 Å². The molecule has 0 aromatic carbocycles. The van der Waals surface area contributed by atoms with Crippen molar-refractivity contribution in [3.05, 3.63) is 21.9 Å². The summed E-state index contributed by atoms with van der Waals surface area (Å²) in [4.78, 5) is 16.0. The van der Waals surface area contributed by atoms with Gasteiger partial charge in [0.15, 0.2) is 5.15 Å². The van der Waals surface area contributed by atoms with Gasteiger partial charge in [-0.1, -0.05) is 11.6 Å². The molecule has 1 fully saturated rings. The van der Waals surface area contributed by atoms with Gasteiger partial charge in [0.25, 0.3) is 0 Å². The van der Waals surface area contributed by atoms with E-state index in [4.69, 9.17) is 11.6 Å². The molecule has 0 atom stereocenters. The van der Waals surface area contributed by atoms with Crippen molar-refractivity contribution in [2.45, 2.75) is 12.8 Å². The number of hydrogen-bond acceptors (Lipinski definition) is 3. The topological polar surface area (TPSA) is 54.0 Å². The van der Waals surface area contributed by atoms with Crippen molar-refractivity contribution in [1.29, 1.82) is 0 Å². The predicted molar refractivity (Wildman–Crippen MR) is 71.2 cm³/mol. The second kappa shape index (κ2) is 5.80. The summed E-state index contributed by atoms with van der Waals surface area (Å²) in [5.41, 5.74) is 0.560. The Morgan fingerprint density at radius 1 is 1.53 bits per heavy atom. The van der Waals surface area contributed by atoms with Gasteiger partial charge in [-0.05, 0) is 47.9 Å². The number of hydrogen-bond donors (Lipinski definition) is 2. The van der Waals surface area contributed by atoms with Crippen LogP contribution in [0.15, 0.2) is 16.7 Å². The molecule has 0 spiro atoms. The average molecular weight is 319 g/mol. The Hall–Kier alpha value is -0.650. The second-order valence-corrected chi connectivity index (χ2v) is 5.28. The molecule has 1 aromatic heterocycles. The van der Waals surface area contributed by atoms with E-state index in [9.17, 15) is 4.79 Å². The Morgan fingerprint density at radius 2 is 2.24 bits per heavy atom. The monoisotopic (exact) mass is 317 g/mol. The van der Waals surface area contributed by atoms with Crippen LogP contribution in [0.25, 0.3) is 0 Å². The van der Waals surface area contributed by atoms with Crippen LogP contribution in [-0.2, 0) is 4.79 Å². The Balaban J connectivity index is 2.04. The van der Waals surface area contributed by atoms with Crippen molar-refractivity contribution in [1.82, 2.24) is 10.3 Å². The van der Waals surface area contributed by atoms with Crippen molar-refractivity contribution in [2.75, 3.05) is 18.4 Å². The normalized spacial score (nSPS) is 16.8. The largest absolute Gasteiger partial charge is 0.323 e. The molecule has 1 saturated heterocycles. The summed E-state index contributed by atoms with van der Waals surface area (Å²) >= 11 is 9.22. The predicted octanol–water partition coefficient (Wildman–Crippen LogP) is 2.44. The smallest absolute Gasteiger partial charge is 0.227 e. The maximum Gasteiger partial charge on any atom is 0.227 e. The van der Waals surface area contributed by atoms with E-state index >= 15 is 0 Å². The number of piperidine rings is 1. The molecule has 92 valence electrons. The molecular weight excluding hydrogens is 305 g/mol. The number of halogens is 2. The lowest BCUT2D eigenvalue weighted by molar-refractivity contribution is -0.120. The van der Waals surface area contributed by atoms with Gasteiger partial charge in [0.05, 0.1) is 5.69 Å². The molecule has 0 unspecified atom stereocenters. The van der Waals surface area contributed by atoms with Gasteiger partial charge in [-0.15, -0.1) is 0 Å². The highest BCUT2D eigenvalue weighted by molar-refractivity contribution is 9.10. The van der Waals surface area contributed by atoms with Crippen LogP contribution in [0.4, 0.5) is 5.69 Å². The van der Waals surface area contributed by atoms with Crippen LogP contribution >= 0.6 is 27.5 Å². The number of carbonyl (C=O) groups is 1. The maximum absolute atomic E-state index is 12.0. The highest BCUT2D eigenvalue weighted by atomic mass is 79.9. The number of pyridine rings is 1. The third-order valence-electron chi connectivity index (χ3n) is 2.77. The molecule has 0 saturated carbocycles. The van der Waals surface area contributed by atoms with E-state index in [0.717, 1.165) is 30.4 Å². The molecule has 0 radical (unpaired) electrons. The Morgan fingerprint density at radius 3 is 2.94 bits per heavy atom. The van der Waals surface area contributed by atoms with Crippen LogP contribution < -0.4 is 10.6 Å². The third-order valence-corrected chi connectivity index (χ3v) is 3.51. The molecule has 1 amide bonds. The second-order valence-electron chi connectivity index (χ2n) is 4.01. The fraction of sp³-hybridized carbons (Fsp3) is 0.455. The van der Waals surface area contributed by atoms with Crippen LogP contribution in [0.5, 0.6) is 0 Å². The van der Waals surface area contributed by atoms with Crippen LogP contribution in [0.3, 0.4) is 0 Å². The molecule has 2 rings (SSSR count). The minimum atomic E-state index is 0.0216. The van der Waals surface area contributed by atoms with Crippen molar-refractivity contribution in [3.63, 3.8) is 0 Å². The fourth-order valence-electron chi connectivity index (χ4n) is 1.83. The first kappa shape index (κ1) is 12.8. The number of carbonyl (C=O) groups excluding carboxylic acids is 1. The number of anilines is 1. The molecule has 2 N–H and O–H groups in total. The summed E-state index contributed by atoms with van der Waals surface area (Å²) in [6.07, 6.45) is 3.33. The number of rotatable bonds is 2. The molecule has 0 aliphatic carbocycles. The van der Waals surface area contributed by atoms with E-state index in [-0.39, 0.29) is 11.8 Å². The zero-order chi connectivity index (χ0) is 12.3. The summed E-state index contributed by atoms with van der Waals surface area (Å²) < 4.78 is 0.794. The van der Waals surface area contributed by atoms with Gasteiger partial charge in [-0.2, -0.15) is 0 Å². The summed E-state index contributed by atoms with van der Waals surface area (Å²) in [5, 5.41) is 6.37. The molecule has 1 aliphatic heterocycles. The summed E-state index contributed by atoms with van der Waals surface area (Å²) in [5.74, 6) is 0.0830. The number of amides is 1. The van der Waals surface area contributed by atoms with E-state index in [0.29, 0.717) is 10.8 Å². The van der Waals surface area contributed by atoms with Gasteiger partial charge >= 0.3 is 0 Å². The molecule has 6 heteroatoms. The number of nitrogens with one attached hydrogen (secondary N) is 2. The van der Waals surface area contributed by atoms with Gasteiger partial charge in [-0.3, -0.25) is 4.79 Å². The first-order valence-electron chi connectivity index (χ1n) is 5.49. The van der Waals surface area contributed by atoms with Gasteiger partial charge in [0.1, 0.15) is 0 Å². The third kappa shape index (κ3) is 3.40. The van der Waals surface area contributed by atoms with Crippen LogP contribution in [0.2, 0.25) is 5.15 Å². The lowest BCUT2D eigenvalue weighted by Gasteiger charge is -2.21. The van der Waals surface area contributed by atoms with Crippen LogP contribution in [0.1, 0.15) is 12.8 Å². The minimum absolute atomic E-state index is 0.0216. The van der Waals surface area contributed by atoms with Gasteiger partial charge < -0.3 is 10.6 Å². The summed E-state index contributed by atoms with van der Waals surface area (Å²) in [7, 11) is 0. The molecule has 1 aliphatic rings. The maximum atomic E-state index is 12.0. The lowest BCUT2D eigenvalue weighted by atomic mass is 9.97. The SMILES string of the molecule is O=C(Nc1cc(Br)cnc1Cl)C1CCNCC1. The average Bonchev–Trinajstić information content (AvgIpc) is 2.35. The van der Waals surface area contributed by atoms with Crippen molar-refractivity contribution in [3.8, 4) is 0 Å². The molecule has 0 bridgehead atoms. The van der Waals surface area contributed by atoms with E-state index in [1.807, 2.05) is 0 Å². The van der Waals surface area contributed by atoms with Crippen LogP contribution in [0, 0.1) is 5.92 Å². The quantitative estimate of drug-likeness (QED) is 0.824. The van der Waals surface area contributed by atoms with Crippen molar-refractivity contribution in [2.24, 2.45) is 5.92 Å². The first-order chi connectivity index (χ1) is 8.16. The van der Waals surface area contributed by atoms with E-state index < -0.39 is 0 Å². The first-order valence-corrected chi connectivity index (χ1v) is 6.66. The molecule has 17 heavy (non-hydrogen) atoms. The zero-order valence-electron chi connectivity index (χ0n) is 9.17. The van der Waals surface area contributed by atoms with Gasteiger partial charge in [0.2, 0.25) is 5.91 Å². The van der Waals surface area contributed by atoms with Crippen molar-refractivity contribution >= 4 is 39.1 Å². The number of aromatic nitrogens is 1. The molecule has 2 heterocycles. The number of nitrogens with zero attached hydrogens (tertiary/aromatic N) is 1. The van der Waals surface area contributed by atoms with Gasteiger partial charge in [-0.25, -0.2) is 4.98 Å². The molecule has 4 nitrogen and oxygen atoms in total.